The maximum atomic E-state index is 14.0. The molecule has 0 bridgehead atoms. The first-order chi connectivity index (χ1) is 18.4. The molecule has 1 N–H and O–H groups in total. The van der Waals surface area contributed by atoms with Crippen LogP contribution in [-0.2, 0) is 26.2 Å². The van der Waals surface area contributed by atoms with Gasteiger partial charge in [0.15, 0.2) is 0 Å². The van der Waals surface area contributed by atoms with Crippen molar-refractivity contribution in [1.82, 2.24) is 10.2 Å². The molecule has 0 fully saturated rings. The first kappa shape index (κ1) is 31.2. The Morgan fingerprint density at radius 2 is 1.59 bits per heavy atom. The molecule has 39 heavy (non-hydrogen) atoms. The van der Waals surface area contributed by atoms with Crippen molar-refractivity contribution in [2.24, 2.45) is 0 Å². The summed E-state index contributed by atoms with van der Waals surface area (Å²) in [5.41, 5.74) is 0.988. The lowest BCUT2D eigenvalue weighted by Crippen LogP contribution is -2.53. The van der Waals surface area contributed by atoms with Crippen LogP contribution in [-0.4, -0.2) is 43.8 Å². The van der Waals surface area contributed by atoms with Crippen molar-refractivity contribution in [3.63, 3.8) is 0 Å². The molecular formula is C28H30Cl2IN3O4S. The minimum absolute atomic E-state index is 0.0334. The maximum Gasteiger partial charge on any atom is 0.264 e. The van der Waals surface area contributed by atoms with Crippen LogP contribution in [0.1, 0.15) is 32.8 Å². The predicted molar refractivity (Wildman–Crippen MR) is 165 cm³/mol. The number of benzene rings is 3. The number of anilines is 1. The highest BCUT2D eigenvalue weighted by atomic mass is 127. The fourth-order valence-corrected chi connectivity index (χ4v) is 6.11. The summed E-state index contributed by atoms with van der Waals surface area (Å²) in [5, 5.41) is 3.55. The van der Waals surface area contributed by atoms with Gasteiger partial charge in [-0.3, -0.25) is 13.9 Å². The van der Waals surface area contributed by atoms with E-state index in [2.05, 4.69) is 27.9 Å². The van der Waals surface area contributed by atoms with Crippen molar-refractivity contribution in [2.45, 2.75) is 50.7 Å². The van der Waals surface area contributed by atoms with Crippen LogP contribution < -0.4 is 9.62 Å². The molecule has 0 aliphatic carbocycles. The zero-order valence-corrected chi connectivity index (χ0v) is 26.3. The number of carbonyl (C=O) groups is 2. The second-order valence-electron chi connectivity index (χ2n) is 9.16. The topological polar surface area (TPSA) is 86.8 Å². The summed E-state index contributed by atoms with van der Waals surface area (Å²) in [7, 11) is -4.11. The molecule has 0 aliphatic rings. The van der Waals surface area contributed by atoms with Crippen molar-refractivity contribution in [3.05, 3.63) is 92.0 Å². The Morgan fingerprint density at radius 1 is 0.949 bits per heavy atom. The van der Waals surface area contributed by atoms with Gasteiger partial charge >= 0.3 is 0 Å². The van der Waals surface area contributed by atoms with Gasteiger partial charge < -0.3 is 10.2 Å². The Kier molecular flexibility index (Phi) is 11.1. The van der Waals surface area contributed by atoms with Crippen LogP contribution in [0.3, 0.4) is 0 Å². The van der Waals surface area contributed by atoms with Gasteiger partial charge in [-0.2, -0.15) is 0 Å². The summed E-state index contributed by atoms with van der Waals surface area (Å²) < 4.78 is 29.5. The summed E-state index contributed by atoms with van der Waals surface area (Å²) >= 11 is 14.4. The summed E-state index contributed by atoms with van der Waals surface area (Å²) in [6, 6.07) is 18.8. The normalized spacial score (nSPS) is 12.2. The molecule has 11 heteroatoms. The van der Waals surface area contributed by atoms with E-state index in [0.717, 1.165) is 7.88 Å². The Balaban J connectivity index is 2.06. The Bertz CT molecular complexity index is 1400. The lowest BCUT2D eigenvalue weighted by molar-refractivity contribution is -0.140. The third-order valence-corrected chi connectivity index (χ3v) is 9.12. The second kappa shape index (κ2) is 13.8. The molecule has 0 radical (unpaired) electrons. The SMILES string of the molecule is CC[C@H](C(=O)NC(C)C)N(Cc1ccc(Cl)c(Cl)c1)C(=O)CN(c1ccc(I)cc1)S(=O)(=O)c1ccccc1. The number of amides is 2. The van der Waals surface area contributed by atoms with E-state index >= 15 is 0 Å². The summed E-state index contributed by atoms with van der Waals surface area (Å²) in [4.78, 5) is 28.6. The van der Waals surface area contributed by atoms with Crippen LogP contribution in [0.4, 0.5) is 5.69 Å². The van der Waals surface area contributed by atoms with Crippen LogP contribution in [0.5, 0.6) is 0 Å². The molecule has 208 valence electrons. The van der Waals surface area contributed by atoms with Gasteiger partial charge in [0.05, 0.1) is 20.6 Å². The summed E-state index contributed by atoms with van der Waals surface area (Å²) in [5.74, 6) is -0.863. The molecule has 0 aliphatic heterocycles. The second-order valence-corrected chi connectivity index (χ2v) is 13.1. The van der Waals surface area contributed by atoms with Crippen LogP contribution >= 0.6 is 45.8 Å². The van der Waals surface area contributed by atoms with Crippen molar-refractivity contribution >= 4 is 73.3 Å². The van der Waals surface area contributed by atoms with Crippen LogP contribution in [0, 0.1) is 3.57 Å². The molecule has 3 aromatic rings. The van der Waals surface area contributed by atoms with Gasteiger partial charge in [-0.05, 0) is 97.0 Å². The number of nitrogens with zero attached hydrogens (tertiary/aromatic N) is 2. The maximum absolute atomic E-state index is 14.0. The molecule has 0 spiro atoms. The van der Waals surface area contributed by atoms with Gasteiger partial charge in [0.2, 0.25) is 11.8 Å². The van der Waals surface area contributed by atoms with Gasteiger partial charge in [0.1, 0.15) is 12.6 Å². The zero-order chi connectivity index (χ0) is 28.7. The van der Waals surface area contributed by atoms with E-state index in [1.165, 1.54) is 17.0 Å². The number of hydrogen-bond acceptors (Lipinski definition) is 4. The molecule has 0 saturated heterocycles. The first-order valence-electron chi connectivity index (χ1n) is 12.3. The molecule has 3 rings (SSSR count). The van der Waals surface area contributed by atoms with E-state index in [4.69, 9.17) is 23.2 Å². The van der Waals surface area contributed by atoms with Crippen molar-refractivity contribution in [1.29, 1.82) is 0 Å². The Morgan fingerprint density at radius 3 is 2.15 bits per heavy atom. The van der Waals surface area contributed by atoms with Crippen molar-refractivity contribution in [3.8, 4) is 0 Å². The van der Waals surface area contributed by atoms with Gasteiger partial charge in [-0.1, -0.05) is 54.4 Å². The zero-order valence-electron chi connectivity index (χ0n) is 21.8. The van der Waals surface area contributed by atoms with Crippen molar-refractivity contribution in [2.75, 3.05) is 10.8 Å². The minimum Gasteiger partial charge on any atom is -0.352 e. The van der Waals surface area contributed by atoms with E-state index in [0.29, 0.717) is 27.7 Å². The minimum atomic E-state index is -4.11. The number of halogens is 3. The van der Waals surface area contributed by atoms with Crippen LogP contribution in [0.15, 0.2) is 77.7 Å². The molecule has 3 aromatic carbocycles. The molecule has 1 atom stereocenters. The molecular weight excluding hydrogens is 672 g/mol. The number of sulfonamides is 1. The average Bonchev–Trinajstić information content (AvgIpc) is 2.89. The predicted octanol–water partition coefficient (Wildman–Crippen LogP) is 6.13. The molecule has 0 saturated carbocycles. The standard InChI is InChI=1S/C28H30Cl2IN3O4S/c1-4-26(28(36)32-19(2)3)33(17-20-10-15-24(29)25(30)16-20)27(35)18-34(22-13-11-21(31)12-14-22)39(37,38)23-8-6-5-7-9-23/h5-16,19,26H,4,17-18H2,1-3H3,(H,32,36)/t26-/m1/s1. The van der Waals surface area contributed by atoms with Gasteiger partial charge in [-0.25, -0.2) is 8.42 Å². The average molecular weight is 702 g/mol. The Labute approximate surface area is 253 Å². The highest BCUT2D eigenvalue weighted by Crippen LogP contribution is 2.27. The molecule has 7 nitrogen and oxygen atoms in total. The lowest BCUT2D eigenvalue weighted by atomic mass is 10.1. The number of rotatable bonds is 11. The van der Waals surface area contributed by atoms with Gasteiger partial charge in [0.25, 0.3) is 10.0 Å². The molecule has 0 heterocycles. The molecule has 0 aromatic heterocycles. The highest BCUT2D eigenvalue weighted by molar-refractivity contribution is 14.1. The molecule has 0 unspecified atom stereocenters. The smallest absolute Gasteiger partial charge is 0.264 e. The van der Waals surface area contributed by atoms with E-state index in [9.17, 15) is 18.0 Å². The third-order valence-electron chi connectivity index (χ3n) is 5.88. The highest BCUT2D eigenvalue weighted by Gasteiger charge is 2.33. The number of carbonyl (C=O) groups excluding carboxylic acids is 2. The summed E-state index contributed by atoms with van der Waals surface area (Å²) in [6.45, 7) is 4.99. The van der Waals surface area contributed by atoms with E-state index in [1.807, 2.05) is 13.8 Å². The number of nitrogens with one attached hydrogen (secondary N) is 1. The summed E-state index contributed by atoms with van der Waals surface area (Å²) in [6.07, 6.45) is 0.320. The number of hydrogen-bond donors (Lipinski definition) is 1. The van der Waals surface area contributed by atoms with Crippen LogP contribution in [0.25, 0.3) is 0 Å². The third kappa shape index (κ3) is 8.09. The van der Waals surface area contributed by atoms with E-state index in [1.54, 1.807) is 67.6 Å². The van der Waals surface area contributed by atoms with Gasteiger partial charge in [-0.15, -0.1) is 0 Å². The Hall–Kier alpha value is -2.34. The first-order valence-corrected chi connectivity index (χ1v) is 15.6. The van der Waals surface area contributed by atoms with Crippen LogP contribution in [0.2, 0.25) is 10.0 Å². The van der Waals surface area contributed by atoms with Gasteiger partial charge in [0, 0.05) is 16.2 Å². The monoisotopic (exact) mass is 701 g/mol. The fraction of sp³-hybridized carbons (Fsp3) is 0.286. The fourth-order valence-electron chi connectivity index (χ4n) is 3.99. The van der Waals surface area contributed by atoms with E-state index in [-0.39, 0.29) is 23.4 Å². The lowest BCUT2D eigenvalue weighted by Gasteiger charge is -2.33. The largest absolute Gasteiger partial charge is 0.352 e. The van der Waals surface area contributed by atoms with Crippen molar-refractivity contribution < 1.29 is 18.0 Å². The van der Waals surface area contributed by atoms with E-state index < -0.39 is 28.5 Å². The quantitative estimate of drug-likeness (QED) is 0.244. The molecule has 2 amide bonds.